The van der Waals surface area contributed by atoms with Gasteiger partial charge in [0, 0.05) is 10.0 Å². The average molecular weight is 314 g/mol. The highest BCUT2D eigenvalue weighted by Gasteiger charge is 2.09. The Balaban J connectivity index is 2.16. The summed E-state index contributed by atoms with van der Waals surface area (Å²) in [5.74, 6) is -0.863. The Labute approximate surface area is 112 Å². The second-order valence-electron chi connectivity index (χ2n) is 3.68. The van der Waals surface area contributed by atoms with E-state index >= 15 is 0 Å². The Morgan fingerprint density at radius 1 is 1.17 bits per heavy atom. The number of nitrogens with two attached hydrogens (primary N) is 1. The molecule has 2 aromatic rings. The van der Waals surface area contributed by atoms with Crippen LogP contribution in [0.15, 0.2) is 40.9 Å². The third-order valence-electron chi connectivity index (χ3n) is 2.38. The smallest absolute Gasteiger partial charge is 0.178 e. The van der Waals surface area contributed by atoms with Crippen LogP contribution in [0.1, 0.15) is 5.56 Å². The Bertz CT molecular complexity index is 555. The Kier molecular flexibility index (Phi) is 3.81. The topological polar surface area (TPSA) is 35.2 Å². The minimum Gasteiger partial charge on any atom is -0.484 e. The van der Waals surface area contributed by atoms with Gasteiger partial charge >= 0.3 is 0 Å². The highest BCUT2D eigenvalue weighted by molar-refractivity contribution is 9.10. The van der Waals surface area contributed by atoms with E-state index in [-0.39, 0.29) is 23.9 Å². The fourth-order valence-corrected chi connectivity index (χ4v) is 1.93. The molecule has 0 aliphatic carbocycles. The van der Waals surface area contributed by atoms with Crippen LogP contribution in [-0.2, 0) is 6.61 Å². The first-order valence-electron chi connectivity index (χ1n) is 5.18. The highest BCUT2D eigenvalue weighted by atomic mass is 79.9. The molecular formula is C13H10BrF2NO. The minimum absolute atomic E-state index is 0.00808. The quantitative estimate of drug-likeness (QED) is 0.873. The summed E-state index contributed by atoms with van der Waals surface area (Å²) in [6.45, 7) is 0.103. The third-order valence-corrected chi connectivity index (χ3v) is 3.12. The molecule has 0 atom stereocenters. The van der Waals surface area contributed by atoms with Crippen LogP contribution in [0.2, 0.25) is 0 Å². The van der Waals surface area contributed by atoms with E-state index in [2.05, 4.69) is 15.9 Å². The van der Waals surface area contributed by atoms with Gasteiger partial charge in [-0.1, -0.05) is 28.1 Å². The van der Waals surface area contributed by atoms with Crippen LogP contribution < -0.4 is 10.5 Å². The second kappa shape index (κ2) is 5.35. The predicted molar refractivity (Wildman–Crippen MR) is 69.2 cm³/mol. The summed E-state index contributed by atoms with van der Waals surface area (Å²) < 4.78 is 32.2. The van der Waals surface area contributed by atoms with E-state index in [0.29, 0.717) is 10.0 Å². The molecule has 2 aromatic carbocycles. The zero-order chi connectivity index (χ0) is 13.1. The summed E-state index contributed by atoms with van der Waals surface area (Å²) in [6.07, 6.45) is 0. The van der Waals surface area contributed by atoms with Gasteiger partial charge in [0.25, 0.3) is 0 Å². The number of anilines is 1. The first kappa shape index (κ1) is 12.8. The van der Waals surface area contributed by atoms with Crippen molar-refractivity contribution < 1.29 is 13.5 Å². The molecule has 0 bridgehead atoms. The molecule has 0 fully saturated rings. The maximum Gasteiger partial charge on any atom is 0.178 e. The summed E-state index contributed by atoms with van der Waals surface area (Å²) in [4.78, 5) is 0. The number of benzene rings is 2. The number of nitrogen functional groups attached to an aromatic ring is 1. The van der Waals surface area contributed by atoms with E-state index < -0.39 is 5.82 Å². The predicted octanol–water partition coefficient (Wildman–Crippen LogP) is 3.89. The lowest BCUT2D eigenvalue weighted by Crippen LogP contribution is -2.01. The molecule has 0 amide bonds. The van der Waals surface area contributed by atoms with Crippen LogP contribution in [0.5, 0.6) is 5.75 Å². The van der Waals surface area contributed by atoms with E-state index in [9.17, 15) is 8.78 Å². The van der Waals surface area contributed by atoms with Gasteiger partial charge in [-0.3, -0.25) is 0 Å². The van der Waals surface area contributed by atoms with Crippen molar-refractivity contribution in [3.8, 4) is 5.75 Å². The molecule has 0 unspecified atom stereocenters. The number of ether oxygens (including phenoxy) is 1. The molecule has 0 heterocycles. The van der Waals surface area contributed by atoms with Gasteiger partial charge in [-0.15, -0.1) is 0 Å². The van der Waals surface area contributed by atoms with Gasteiger partial charge in [-0.05, 0) is 24.3 Å². The van der Waals surface area contributed by atoms with Crippen LogP contribution in [0.3, 0.4) is 0 Å². The zero-order valence-electron chi connectivity index (χ0n) is 9.29. The van der Waals surface area contributed by atoms with E-state index in [1.54, 1.807) is 12.1 Å². The summed E-state index contributed by atoms with van der Waals surface area (Å²) in [7, 11) is 0. The van der Waals surface area contributed by atoms with Crippen LogP contribution in [0.4, 0.5) is 14.5 Å². The molecular weight excluding hydrogens is 304 g/mol. The minimum atomic E-state index is -0.520. The third kappa shape index (κ3) is 2.79. The molecule has 0 saturated heterocycles. The molecule has 2 nitrogen and oxygen atoms in total. The molecule has 94 valence electrons. The van der Waals surface area contributed by atoms with Gasteiger partial charge in [0.05, 0.1) is 5.69 Å². The monoisotopic (exact) mass is 313 g/mol. The normalized spacial score (nSPS) is 10.4. The number of hydrogen-bond acceptors (Lipinski definition) is 2. The molecule has 0 saturated carbocycles. The fraction of sp³-hybridized carbons (Fsp3) is 0.0769. The largest absolute Gasteiger partial charge is 0.484 e. The Morgan fingerprint density at radius 3 is 2.61 bits per heavy atom. The zero-order valence-corrected chi connectivity index (χ0v) is 10.9. The summed E-state index contributed by atoms with van der Waals surface area (Å²) in [5.41, 5.74) is 6.55. The van der Waals surface area contributed by atoms with E-state index in [0.717, 1.165) is 0 Å². The van der Waals surface area contributed by atoms with E-state index in [1.807, 2.05) is 0 Å². The number of para-hydroxylation sites is 1. The van der Waals surface area contributed by atoms with E-state index in [1.165, 1.54) is 24.3 Å². The van der Waals surface area contributed by atoms with Crippen molar-refractivity contribution in [1.29, 1.82) is 0 Å². The Morgan fingerprint density at radius 2 is 1.94 bits per heavy atom. The molecule has 0 spiro atoms. The molecule has 18 heavy (non-hydrogen) atoms. The number of halogens is 3. The van der Waals surface area contributed by atoms with Crippen molar-refractivity contribution in [1.82, 2.24) is 0 Å². The molecule has 0 aliphatic rings. The van der Waals surface area contributed by atoms with Crippen molar-refractivity contribution in [2.75, 3.05) is 5.73 Å². The lowest BCUT2D eigenvalue weighted by molar-refractivity contribution is 0.291. The van der Waals surface area contributed by atoms with Crippen LogP contribution in [-0.4, -0.2) is 0 Å². The van der Waals surface area contributed by atoms with Crippen LogP contribution >= 0.6 is 15.9 Å². The standard InChI is InChI=1S/C13H10BrF2NO/c14-10-6-9(15)5-4-8(10)7-18-13-11(16)2-1-3-12(13)17/h1-6H,7,17H2. The first-order chi connectivity index (χ1) is 8.58. The molecule has 0 aliphatic heterocycles. The van der Waals surface area contributed by atoms with Gasteiger partial charge in [0.15, 0.2) is 11.6 Å². The van der Waals surface area contributed by atoms with Gasteiger partial charge in [0.1, 0.15) is 12.4 Å². The van der Waals surface area contributed by atoms with Crippen molar-refractivity contribution in [2.45, 2.75) is 6.61 Å². The SMILES string of the molecule is Nc1cccc(F)c1OCc1ccc(F)cc1Br. The number of hydrogen-bond donors (Lipinski definition) is 1. The van der Waals surface area contributed by atoms with Crippen molar-refractivity contribution in [3.63, 3.8) is 0 Å². The van der Waals surface area contributed by atoms with Crippen molar-refractivity contribution >= 4 is 21.6 Å². The Hall–Kier alpha value is -1.62. The summed E-state index contributed by atoms with van der Waals surface area (Å²) in [5, 5.41) is 0. The van der Waals surface area contributed by atoms with Crippen LogP contribution in [0.25, 0.3) is 0 Å². The average Bonchev–Trinajstić information content (AvgIpc) is 2.31. The van der Waals surface area contributed by atoms with Crippen molar-refractivity contribution in [3.05, 3.63) is 58.1 Å². The summed E-state index contributed by atoms with van der Waals surface area (Å²) >= 11 is 3.21. The van der Waals surface area contributed by atoms with Gasteiger partial charge in [-0.2, -0.15) is 0 Å². The lowest BCUT2D eigenvalue weighted by Gasteiger charge is -2.10. The second-order valence-corrected chi connectivity index (χ2v) is 4.54. The maximum atomic E-state index is 13.4. The molecule has 5 heteroatoms. The van der Waals surface area contributed by atoms with Crippen molar-refractivity contribution in [2.24, 2.45) is 0 Å². The van der Waals surface area contributed by atoms with Gasteiger partial charge in [-0.25, -0.2) is 8.78 Å². The molecule has 2 N–H and O–H groups in total. The maximum absolute atomic E-state index is 13.4. The molecule has 2 rings (SSSR count). The van der Waals surface area contributed by atoms with Gasteiger partial charge < -0.3 is 10.5 Å². The van der Waals surface area contributed by atoms with Gasteiger partial charge in [0.2, 0.25) is 0 Å². The lowest BCUT2D eigenvalue weighted by atomic mass is 10.2. The fourth-order valence-electron chi connectivity index (χ4n) is 1.47. The molecule has 0 radical (unpaired) electrons. The molecule has 0 aromatic heterocycles. The summed E-state index contributed by atoms with van der Waals surface area (Å²) in [6, 6.07) is 8.53. The highest BCUT2D eigenvalue weighted by Crippen LogP contribution is 2.27. The first-order valence-corrected chi connectivity index (χ1v) is 5.98. The van der Waals surface area contributed by atoms with Crippen LogP contribution in [0, 0.1) is 11.6 Å². The number of rotatable bonds is 3. The van der Waals surface area contributed by atoms with E-state index in [4.69, 9.17) is 10.5 Å².